The van der Waals surface area contributed by atoms with Gasteiger partial charge in [0.2, 0.25) is 0 Å². The lowest BCUT2D eigenvalue weighted by molar-refractivity contribution is -0.127. The highest BCUT2D eigenvalue weighted by atomic mass is 16.1. The van der Waals surface area contributed by atoms with E-state index in [0.29, 0.717) is 5.78 Å². The quantitative estimate of drug-likeness (QED) is 0.671. The second kappa shape index (κ2) is 3.86. The van der Waals surface area contributed by atoms with Crippen molar-refractivity contribution in [2.24, 2.45) is 5.92 Å². The summed E-state index contributed by atoms with van der Waals surface area (Å²) in [7, 11) is 1.84. The fraction of sp³-hybridized carbons (Fsp3) is 0.889. The molecule has 0 saturated carbocycles. The number of carbonyl (C=O) groups excluding carboxylic acids is 1. The summed E-state index contributed by atoms with van der Waals surface area (Å²) in [4.78, 5) is 11.6. The molecule has 0 fully saturated rings. The SMILES string of the molecule is CCC(C)(NC)C(=O)C(C)C. The molecule has 0 spiro atoms. The molecule has 66 valence electrons. The van der Waals surface area contributed by atoms with Gasteiger partial charge < -0.3 is 5.32 Å². The van der Waals surface area contributed by atoms with Crippen molar-refractivity contribution in [3.05, 3.63) is 0 Å². The Morgan fingerprint density at radius 3 is 2.09 bits per heavy atom. The number of hydrogen-bond donors (Lipinski definition) is 1. The van der Waals surface area contributed by atoms with Crippen molar-refractivity contribution < 1.29 is 4.79 Å². The summed E-state index contributed by atoms with van der Waals surface area (Å²) in [5, 5.41) is 3.06. The zero-order valence-electron chi connectivity index (χ0n) is 8.19. The second-order valence-corrected chi connectivity index (χ2v) is 3.45. The number of nitrogens with one attached hydrogen (secondary N) is 1. The molecular formula is C9H19NO. The van der Waals surface area contributed by atoms with Crippen LogP contribution in [0.4, 0.5) is 0 Å². The van der Waals surface area contributed by atoms with Crippen LogP contribution in [-0.2, 0) is 4.79 Å². The van der Waals surface area contributed by atoms with E-state index in [9.17, 15) is 4.79 Å². The number of Topliss-reactive ketones (excluding diaryl/α,β-unsaturated/α-hetero) is 1. The van der Waals surface area contributed by atoms with E-state index in [1.807, 2.05) is 34.7 Å². The highest BCUT2D eigenvalue weighted by molar-refractivity contribution is 5.89. The number of ketones is 1. The molecule has 0 aromatic carbocycles. The van der Waals surface area contributed by atoms with E-state index in [1.165, 1.54) is 0 Å². The van der Waals surface area contributed by atoms with Gasteiger partial charge in [0, 0.05) is 5.92 Å². The van der Waals surface area contributed by atoms with Gasteiger partial charge in [0.25, 0.3) is 0 Å². The molecule has 1 N–H and O–H groups in total. The molecule has 0 bridgehead atoms. The Kier molecular flexibility index (Phi) is 3.73. The van der Waals surface area contributed by atoms with Crippen LogP contribution in [0.5, 0.6) is 0 Å². The van der Waals surface area contributed by atoms with Crippen molar-refractivity contribution in [1.82, 2.24) is 5.32 Å². The zero-order chi connectivity index (χ0) is 9.07. The first-order valence-corrected chi connectivity index (χ1v) is 4.21. The Morgan fingerprint density at radius 2 is 2.00 bits per heavy atom. The van der Waals surface area contributed by atoms with Crippen LogP contribution in [0.25, 0.3) is 0 Å². The van der Waals surface area contributed by atoms with Gasteiger partial charge in [0.05, 0.1) is 5.54 Å². The Morgan fingerprint density at radius 1 is 1.55 bits per heavy atom. The van der Waals surface area contributed by atoms with Gasteiger partial charge in [-0.1, -0.05) is 20.8 Å². The molecule has 0 saturated heterocycles. The first-order valence-electron chi connectivity index (χ1n) is 4.21. The molecule has 2 heteroatoms. The zero-order valence-corrected chi connectivity index (χ0v) is 8.19. The van der Waals surface area contributed by atoms with Gasteiger partial charge in [-0.05, 0) is 20.4 Å². The molecule has 0 aliphatic carbocycles. The normalized spacial score (nSPS) is 16.5. The lowest BCUT2D eigenvalue weighted by atomic mass is 9.87. The monoisotopic (exact) mass is 157 g/mol. The Labute approximate surface area is 69.4 Å². The largest absolute Gasteiger partial charge is 0.308 e. The van der Waals surface area contributed by atoms with E-state index in [0.717, 1.165) is 6.42 Å². The molecule has 0 amide bonds. The third-order valence-electron chi connectivity index (χ3n) is 2.33. The summed E-state index contributed by atoms with van der Waals surface area (Å²) in [6, 6.07) is 0. The number of likely N-dealkylation sites (N-methyl/N-ethyl adjacent to an activating group) is 1. The molecule has 0 aliphatic heterocycles. The van der Waals surface area contributed by atoms with Crippen LogP contribution in [0.2, 0.25) is 0 Å². The Bertz CT molecular complexity index is 136. The van der Waals surface area contributed by atoms with E-state index in [4.69, 9.17) is 0 Å². The fourth-order valence-corrected chi connectivity index (χ4v) is 1.11. The third kappa shape index (κ3) is 2.29. The molecule has 0 radical (unpaired) electrons. The fourth-order valence-electron chi connectivity index (χ4n) is 1.11. The molecule has 0 aromatic rings. The van der Waals surface area contributed by atoms with Crippen molar-refractivity contribution in [3.63, 3.8) is 0 Å². The number of hydrogen-bond acceptors (Lipinski definition) is 2. The summed E-state index contributed by atoms with van der Waals surface area (Å²) in [6.45, 7) is 7.85. The van der Waals surface area contributed by atoms with Crippen molar-refractivity contribution in [2.75, 3.05) is 7.05 Å². The molecule has 2 nitrogen and oxygen atoms in total. The molecule has 11 heavy (non-hydrogen) atoms. The average molecular weight is 157 g/mol. The van der Waals surface area contributed by atoms with Crippen molar-refractivity contribution in [3.8, 4) is 0 Å². The maximum atomic E-state index is 11.6. The van der Waals surface area contributed by atoms with Gasteiger partial charge in [-0.2, -0.15) is 0 Å². The standard InChI is InChI=1S/C9H19NO/c1-6-9(4,10-5)8(11)7(2)3/h7,10H,6H2,1-5H3. The first kappa shape index (κ1) is 10.6. The maximum absolute atomic E-state index is 11.6. The molecule has 0 heterocycles. The highest BCUT2D eigenvalue weighted by Gasteiger charge is 2.30. The summed E-state index contributed by atoms with van der Waals surface area (Å²) < 4.78 is 0. The molecule has 0 rings (SSSR count). The van der Waals surface area contributed by atoms with Crippen LogP contribution in [0.15, 0.2) is 0 Å². The van der Waals surface area contributed by atoms with Gasteiger partial charge in [0.1, 0.15) is 0 Å². The predicted octanol–water partition coefficient (Wildman–Crippen LogP) is 1.60. The van der Waals surface area contributed by atoms with Crippen LogP contribution >= 0.6 is 0 Å². The maximum Gasteiger partial charge on any atom is 0.155 e. The minimum atomic E-state index is -0.325. The highest BCUT2D eigenvalue weighted by Crippen LogP contribution is 2.14. The summed E-state index contributed by atoms with van der Waals surface area (Å²) in [6.07, 6.45) is 0.848. The van der Waals surface area contributed by atoms with E-state index in [2.05, 4.69) is 5.32 Å². The topological polar surface area (TPSA) is 29.1 Å². The molecule has 0 aromatic heterocycles. The minimum absolute atomic E-state index is 0.118. The second-order valence-electron chi connectivity index (χ2n) is 3.45. The van der Waals surface area contributed by atoms with Gasteiger partial charge >= 0.3 is 0 Å². The lowest BCUT2D eigenvalue weighted by Crippen LogP contribution is -2.48. The van der Waals surface area contributed by atoms with Crippen molar-refractivity contribution in [2.45, 2.75) is 39.7 Å². The third-order valence-corrected chi connectivity index (χ3v) is 2.33. The van der Waals surface area contributed by atoms with Gasteiger partial charge in [-0.15, -0.1) is 0 Å². The molecule has 1 atom stereocenters. The van der Waals surface area contributed by atoms with Crippen LogP contribution < -0.4 is 5.32 Å². The van der Waals surface area contributed by atoms with Gasteiger partial charge in [0.15, 0.2) is 5.78 Å². The molecule has 1 unspecified atom stereocenters. The summed E-state index contributed by atoms with van der Waals surface area (Å²) in [5.41, 5.74) is -0.325. The molecular weight excluding hydrogens is 138 g/mol. The molecule has 0 aliphatic rings. The van der Waals surface area contributed by atoms with E-state index >= 15 is 0 Å². The van der Waals surface area contributed by atoms with Crippen LogP contribution in [0.1, 0.15) is 34.1 Å². The predicted molar refractivity (Wildman–Crippen MR) is 47.6 cm³/mol. The Balaban J connectivity index is 4.37. The van der Waals surface area contributed by atoms with Crippen molar-refractivity contribution in [1.29, 1.82) is 0 Å². The van der Waals surface area contributed by atoms with Gasteiger partial charge in [-0.25, -0.2) is 0 Å². The summed E-state index contributed by atoms with van der Waals surface area (Å²) >= 11 is 0. The Hall–Kier alpha value is -0.370. The number of carbonyl (C=O) groups is 1. The van der Waals surface area contributed by atoms with E-state index < -0.39 is 0 Å². The van der Waals surface area contributed by atoms with Crippen molar-refractivity contribution >= 4 is 5.78 Å². The van der Waals surface area contributed by atoms with E-state index in [1.54, 1.807) is 0 Å². The minimum Gasteiger partial charge on any atom is -0.308 e. The summed E-state index contributed by atoms with van der Waals surface area (Å²) in [5.74, 6) is 0.412. The number of rotatable bonds is 4. The first-order chi connectivity index (χ1) is 4.98. The van der Waals surface area contributed by atoms with Crippen LogP contribution in [0.3, 0.4) is 0 Å². The van der Waals surface area contributed by atoms with E-state index in [-0.39, 0.29) is 11.5 Å². The lowest BCUT2D eigenvalue weighted by Gasteiger charge is -2.27. The average Bonchev–Trinajstić information content (AvgIpc) is 2.01. The van der Waals surface area contributed by atoms with Crippen LogP contribution in [-0.4, -0.2) is 18.4 Å². The van der Waals surface area contributed by atoms with Crippen LogP contribution in [0, 0.1) is 5.92 Å². The smallest absolute Gasteiger partial charge is 0.155 e. The van der Waals surface area contributed by atoms with Gasteiger partial charge in [-0.3, -0.25) is 4.79 Å².